The third kappa shape index (κ3) is 4.40. The number of aromatic nitrogens is 5. The highest BCUT2D eigenvalue weighted by molar-refractivity contribution is 6.04. The number of pyridine rings is 1. The van der Waals surface area contributed by atoms with Crippen LogP contribution < -0.4 is 15.6 Å². The van der Waals surface area contributed by atoms with Crippen LogP contribution in [0.25, 0.3) is 22.4 Å². The van der Waals surface area contributed by atoms with Crippen molar-refractivity contribution < 1.29 is 14.6 Å². The van der Waals surface area contributed by atoms with Crippen molar-refractivity contribution in [1.29, 1.82) is 0 Å². The lowest BCUT2D eigenvalue weighted by Crippen LogP contribution is -2.25. The third-order valence-electron chi connectivity index (χ3n) is 5.88. The number of hydrogen-bond donors (Lipinski definition) is 2. The second kappa shape index (κ2) is 9.23. The third-order valence-corrected chi connectivity index (χ3v) is 5.88. The predicted octanol–water partition coefficient (Wildman–Crippen LogP) is 3.86. The highest BCUT2D eigenvalue weighted by Crippen LogP contribution is 2.29. The Bertz CT molecular complexity index is 1740. The monoisotopic (exact) mass is 496 g/mol. The van der Waals surface area contributed by atoms with Crippen LogP contribution >= 0.6 is 0 Å². The summed E-state index contributed by atoms with van der Waals surface area (Å²) in [5.74, 6) is 0.163. The second-order valence-corrected chi connectivity index (χ2v) is 8.66. The van der Waals surface area contributed by atoms with Gasteiger partial charge in [-0.2, -0.15) is 19.6 Å². The van der Waals surface area contributed by atoms with Crippen LogP contribution in [-0.2, 0) is 0 Å². The Balaban J connectivity index is 1.55. The highest BCUT2D eigenvalue weighted by atomic mass is 16.5. The molecule has 37 heavy (non-hydrogen) atoms. The fourth-order valence-electron chi connectivity index (χ4n) is 4.14. The first kappa shape index (κ1) is 23.7. The van der Waals surface area contributed by atoms with Crippen molar-refractivity contribution in [3.05, 3.63) is 93.5 Å². The molecule has 186 valence electrons. The number of ether oxygens (including phenoxy) is 1. The van der Waals surface area contributed by atoms with Gasteiger partial charge in [0.05, 0.1) is 18.5 Å². The van der Waals surface area contributed by atoms with Gasteiger partial charge < -0.3 is 15.2 Å². The first-order chi connectivity index (χ1) is 17.7. The smallest absolute Gasteiger partial charge is 0.281 e. The Labute approximate surface area is 211 Å². The molecule has 5 aromatic rings. The Morgan fingerprint density at radius 3 is 2.51 bits per heavy atom. The van der Waals surface area contributed by atoms with Crippen molar-refractivity contribution in [2.24, 2.45) is 0 Å². The fraction of sp³-hybridized carbons (Fsp3) is 0.148. The van der Waals surface area contributed by atoms with Crippen LogP contribution in [0.5, 0.6) is 11.5 Å². The summed E-state index contributed by atoms with van der Waals surface area (Å²) in [4.78, 5) is 30.5. The lowest BCUT2D eigenvalue weighted by molar-refractivity contribution is 0.101. The number of para-hydroxylation sites is 1. The van der Waals surface area contributed by atoms with Crippen molar-refractivity contribution in [1.82, 2.24) is 24.5 Å². The van der Waals surface area contributed by atoms with Gasteiger partial charge in [-0.05, 0) is 56.2 Å². The standard InChI is InChI=1S/C27H24N6O4/c1-15-7-5-8-18(11-15)32-24(35)14-20(34)26(31-32)27(36)29-23-13-17(3)30-33(23)22-12-16(2)19-9-6-10-21(37-4)25(19)28-22/h5-14,34H,1-4H3,(H,29,36). The average molecular weight is 497 g/mol. The van der Waals surface area contributed by atoms with Gasteiger partial charge in [-0.15, -0.1) is 0 Å². The molecule has 3 aromatic heterocycles. The molecule has 2 N–H and O–H groups in total. The molecule has 0 fully saturated rings. The number of fused-ring (bicyclic) bond motifs is 1. The van der Waals surface area contributed by atoms with E-state index in [0.717, 1.165) is 27.3 Å². The largest absolute Gasteiger partial charge is 0.505 e. The molecule has 0 unspecified atom stereocenters. The Kier molecular flexibility index (Phi) is 5.92. The second-order valence-electron chi connectivity index (χ2n) is 8.66. The molecule has 0 bridgehead atoms. The normalized spacial score (nSPS) is 11.0. The van der Waals surface area contributed by atoms with Gasteiger partial charge in [0.1, 0.15) is 17.1 Å². The zero-order valence-corrected chi connectivity index (χ0v) is 20.7. The fourth-order valence-corrected chi connectivity index (χ4v) is 4.14. The lowest BCUT2D eigenvalue weighted by atomic mass is 10.1. The molecule has 0 aliphatic carbocycles. The van der Waals surface area contributed by atoms with E-state index < -0.39 is 17.2 Å². The molecule has 0 atom stereocenters. The Hall–Kier alpha value is -4.99. The van der Waals surface area contributed by atoms with Crippen LogP contribution in [0.1, 0.15) is 27.3 Å². The molecule has 0 aliphatic rings. The number of benzene rings is 2. The molecule has 0 spiro atoms. The number of nitrogens with zero attached hydrogens (tertiary/aromatic N) is 5. The average Bonchev–Trinajstić information content (AvgIpc) is 3.23. The zero-order valence-electron chi connectivity index (χ0n) is 20.7. The molecule has 5 rings (SSSR count). The summed E-state index contributed by atoms with van der Waals surface area (Å²) in [7, 11) is 1.58. The number of amides is 1. The minimum Gasteiger partial charge on any atom is -0.505 e. The van der Waals surface area contributed by atoms with E-state index in [2.05, 4.69) is 15.5 Å². The summed E-state index contributed by atoms with van der Waals surface area (Å²) in [6.45, 7) is 5.62. The summed E-state index contributed by atoms with van der Waals surface area (Å²) in [6.07, 6.45) is 0. The number of anilines is 1. The number of nitrogens with one attached hydrogen (secondary N) is 1. The van der Waals surface area contributed by atoms with Crippen LogP contribution in [0, 0.1) is 20.8 Å². The van der Waals surface area contributed by atoms with E-state index in [1.807, 2.05) is 44.2 Å². The molecule has 0 saturated carbocycles. The van der Waals surface area contributed by atoms with Gasteiger partial charge in [0.15, 0.2) is 17.3 Å². The molecule has 3 heterocycles. The maximum absolute atomic E-state index is 13.2. The molecule has 1 amide bonds. The van der Waals surface area contributed by atoms with Crippen molar-refractivity contribution in [3.63, 3.8) is 0 Å². The maximum Gasteiger partial charge on any atom is 0.281 e. The number of carbonyl (C=O) groups is 1. The van der Waals surface area contributed by atoms with E-state index in [-0.39, 0.29) is 5.69 Å². The minimum absolute atomic E-state index is 0.309. The molecule has 0 aliphatic heterocycles. The first-order valence-corrected chi connectivity index (χ1v) is 11.5. The van der Waals surface area contributed by atoms with Crippen LogP contribution in [0.4, 0.5) is 5.82 Å². The summed E-state index contributed by atoms with van der Waals surface area (Å²) in [5.41, 5.74) is 2.77. The number of hydrogen-bond acceptors (Lipinski definition) is 7. The minimum atomic E-state index is -0.713. The SMILES string of the molecule is COc1cccc2c(C)cc(-n3nc(C)cc3NC(=O)c3nn(-c4cccc(C)c4)c(=O)cc3O)nc12. The number of carbonyl (C=O) groups excluding carboxylic acids is 1. The maximum atomic E-state index is 13.2. The van der Waals surface area contributed by atoms with Crippen molar-refractivity contribution in [2.75, 3.05) is 12.4 Å². The molecule has 10 heteroatoms. The van der Waals surface area contributed by atoms with Gasteiger partial charge in [0.25, 0.3) is 11.5 Å². The van der Waals surface area contributed by atoms with Gasteiger partial charge in [0.2, 0.25) is 0 Å². The van der Waals surface area contributed by atoms with E-state index in [0.29, 0.717) is 34.3 Å². The number of aromatic hydroxyl groups is 1. The molecular formula is C27H24N6O4. The Morgan fingerprint density at radius 1 is 0.973 bits per heavy atom. The van der Waals surface area contributed by atoms with E-state index in [1.54, 1.807) is 38.3 Å². The number of rotatable bonds is 5. The summed E-state index contributed by atoms with van der Waals surface area (Å²) in [6, 6.07) is 17.3. The molecular weight excluding hydrogens is 472 g/mol. The van der Waals surface area contributed by atoms with Crippen molar-refractivity contribution in [3.8, 4) is 23.0 Å². The molecule has 0 saturated heterocycles. The van der Waals surface area contributed by atoms with E-state index in [4.69, 9.17) is 9.72 Å². The van der Waals surface area contributed by atoms with Crippen molar-refractivity contribution >= 4 is 22.6 Å². The summed E-state index contributed by atoms with van der Waals surface area (Å²) < 4.78 is 8.06. The Morgan fingerprint density at radius 2 is 1.76 bits per heavy atom. The van der Waals surface area contributed by atoms with E-state index >= 15 is 0 Å². The van der Waals surface area contributed by atoms with Gasteiger partial charge >= 0.3 is 0 Å². The van der Waals surface area contributed by atoms with Crippen molar-refractivity contribution in [2.45, 2.75) is 20.8 Å². The lowest BCUT2D eigenvalue weighted by Gasteiger charge is -2.13. The number of aryl methyl sites for hydroxylation is 3. The van der Waals surface area contributed by atoms with Crippen LogP contribution in [0.2, 0.25) is 0 Å². The summed E-state index contributed by atoms with van der Waals surface area (Å²) >= 11 is 0. The van der Waals surface area contributed by atoms with E-state index in [9.17, 15) is 14.7 Å². The van der Waals surface area contributed by atoms with Crippen LogP contribution in [0.15, 0.2) is 65.5 Å². The van der Waals surface area contributed by atoms with E-state index in [1.165, 1.54) is 4.68 Å². The molecule has 10 nitrogen and oxygen atoms in total. The van der Waals surface area contributed by atoms with Crippen LogP contribution in [0.3, 0.4) is 0 Å². The highest BCUT2D eigenvalue weighted by Gasteiger charge is 2.20. The molecule has 2 aromatic carbocycles. The van der Waals surface area contributed by atoms with Gasteiger partial charge in [-0.3, -0.25) is 9.59 Å². The molecule has 0 radical (unpaired) electrons. The topological polar surface area (TPSA) is 124 Å². The van der Waals surface area contributed by atoms with Gasteiger partial charge in [-0.1, -0.05) is 24.3 Å². The summed E-state index contributed by atoms with van der Waals surface area (Å²) in [5, 5.41) is 22.7. The van der Waals surface area contributed by atoms with Gasteiger partial charge in [0, 0.05) is 17.5 Å². The first-order valence-electron chi connectivity index (χ1n) is 11.5. The predicted molar refractivity (Wildman–Crippen MR) is 139 cm³/mol. The van der Waals surface area contributed by atoms with Gasteiger partial charge in [-0.25, -0.2) is 4.98 Å². The number of methoxy groups -OCH3 is 1. The quantitative estimate of drug-likeness (QED) is 0.379. The zero-order chi connectivity index (χ0) is 26.3. The van der Waals surface area contributed by atoms with Crippen LogP contribution in [-0.4, -0.2) is 42.7 Å².